The fourth-order valence-electron chi connectivity index (χ4n) is 5.58. The molecule has 37 heavy (non-hydrogen) atoms. The van der Waals surface area contributed by atoms with Crippen molar-refractivity contribution in [2.45, 2.75) is 51.0 Å². The maximum absolute atomic E-state index is 14.7. The molecule has 1 aromatic heterocycles. The van der Waals surface area contributed by atoms with Crippen LogP contribution in [-0.4, -0.2) is 29.7 Å². The molecule has 3 N–H and O–H groups in total. The van der Waals surface area contributed by atoms with E-state index in [1.165, 1.54) is 13.3 Å². The van der Waals surface area contributed by atoms with Crippen molar-refractivity contribution in [2.75, 3.05) is 13.7 Å². The van der Waals surface area contributed by atoms with E-state index in [1.54, 1.807) is 13.0 Å². The number of pyridine rings is 1. The number of nitrogens with two attached hydrogens (primary N) is 1. The first kappa shape index (κ1) is 25.2. The molecule has 2 heterocycles. The average Bonchev–Trinajstić information content (AvgIpc) is 3.74. The smallest absolute Gasteiger partial charge is 0.306 e. The van der Waals surface area contributed by atoms with Crippen LogP contribution in [0.3, 0.4) is 0 Å². The molecule has 0 saturated heterocycles. The van der Waals surface area contributed by atoms with Crippen molar-refractivity contribution in [1.82, 2.24) is 4.98 Å². The number of carboxylic acids is 1. The molecule has 0 spiro atoms. The van der Waals surface area contributed by atoms with Crippen LogP contribution in [0.4, 0.5) is 4.39 Å². The predicted octanol–water partition coefficient (Wildman–Crippen LogP) is 5.68. The van der Waals surface area contributed by atoms with Crippen LogP contribution >= 0.6 is 0 Å². The molecule has 5 rings (SSSR count). The highest BCUT2D eigenvalue weighted by molar-refractivity contribution is 5.71. The molecule has 3 aromatic rings. The Hall–Kier alpha value is -3.45. The van der Waals surface area contributed by atoms with Gasteiger partial charge in [0.2, 0.25) is 5.88 Å². The van der Waals surface area contributed by atoms with Crippen molar-refractivity contribution in [1.29, 1.82) is 0 Å². The lowest BCUT2D eigenvalue weighted by Crippen LogP contribution is -2.21. The molecule has 2 aliphatic rings. The summed E-state index contributed by atoms with van der Waals surface area (Å²) in [5.74, 6) is -0.0254. The highest BCUT2D eigenvalue weighted by Gasteiger charge is 2.39. The minimum absolute atomic E-state index is 0.00512. The van der Waals surface area contributed by atoms with Crippen LogP contribution in [0, 0.1) is 17.7 Å². The van der Waals surface area contributed by atoms with Gasteiger partial charge in [-0.1, -0.05) is 37.3 Å². The quantitative estimate of drug-likeness (QED) is 0.389. The summed E-state index contributed by atoms with van der Waals surface area (Å²) in [5.41, 5.74) is 11.2. The fraction of sp³-hybridized carbons (Fsp3) is 0.400. The maximum Gasteiger partial charge on any atom is 0.306 e. The minimum Gasteiger partial charge on any atom is -0.485 e. The Morgan fingerprint density at radius 3 is 2.70 bits per heavy atom. The van der Waals surface area contributed by atoms with E-state index in [0.717, 1.165) is 59.3 Å². The molecule has 1 aliphatic heterocycles. The van der Waals surface area contributed by atoms with Gasteiger partial charge >= 0.3 is 5.97 Å². The summed E-state index contributed by atoms with van der Waals surface area (Å²) in [6, 6.07) is 13.8. The van der Waals surface area contributed by atoms with E-state index in [1.807, 2.05) is 12.1 Å². The topological polar surface area (TPSA) is 94.7 Å². The van der Waals surface area contributed by atoms with Gasteiger partial charge in [0.15, 0.2) is 0 Å². The molecule has 0 amide bonds. The molecule has 0 bridgehead atoms. The number of fused-ring (bicyclic) bond motifs is 1. The van der Waals surface area contributed by atoms with Crippen LogP contribution in [0.1, 0.15) is 60.5 Å². The van der Waals surface area contributed by atoms with E-state index in [0.29, 0.717) is 30.3 Å². The second-order valence-corrected chi connectivity index (χ2v) is 10.2. The molecule has 1 fully saturated rings. The van der Waals surface area contributed by atoms with Gasteiger partial charge in [-0.2, -0.15) is 0 Å². The van der Waals surface area contributed by atoms with Crippen molar-refractivity contribution >= 4 is 5.97 Å². The number of ether oxygens (including phenoxy) is 2. The van der Waals surface area contributed by atoms with Gasteiger partial charge in [0, 0.05) is 11.6 Å². The van der Waals surface area contributed by atoms with E-state index in [4.69, 9.17) is 15.2 Å². The van der Waals surface area contributed by atoms with Crippen LogP contribution in [0.2, 0.25) is 0 Å². The lowest BCUT2D eigenvalue weighted by molar-refractivity contribution is -0.142. The van der Waals surface area contributed by atoms with E-state index >= 15 is 0 Å². The first-order valence-corrected chi connectivity index (χ1v) is 12.9. The summed E-state index contributed by atoms with van der Waals surface area (Å²) in [7, 11) is 1.51. The third-order valence-electron chi connectivity index (χ3n) is 7.72. The summed E-state index contributed by atoms with van der Waals surface area (Å²) in [6.45, 7) is 2.23. The van der Waals surface area contributed by atoms with Gasteiger partial charge in [-0.15, -0.1) is 0 Å². The predicted molar refractivity (Wildman–Crippen MR) is 139 cm³/mol. The van der Waals surface area contributed by atoms with Crippen LogP contribution in [0.15, 0.2) is 48.7 Å². The molecular formula is C30H33FN2O4. The van der Waals surface area contributed by atoms with Crippen LogP contribution in [0.5, 0.6) is 11.6 Å². The molecule has 6 nitrogen and oxygen atoms in total. The number of rotatable bonds is 9. The summed E-state index contributed by atoms with van der Waals surface area (Å²) < 4.78 is 26.4. The molecule has 7 heteroatoms. The molecule has 1 saturated carbocycles. The number of hydrogen-bond donors (Lipinski definition) is 2. The molecule has 3 atom stereocenters. The maximum atomic E-state index is 14.7. The Bertz CT molecular complexity index is 1310. The first-order chi connectivity index (χ1) is 17.9. The number of aryl methyl sites for hydroxylation is 1. The van der Waals surface area contributed by atoms with E-state index in [9.17, 15) is 14.3 Å². The lowest BCUT2D eigenvalue weighted by atomic mass is 9.82. The number of benzene rings is 2. The van der Waals surface area contributed by atoms with Gasteiger partial charge in [-0.05, 0) is 84.4 Å². The first-order valence-electron chi connectivity index (χ1n) is 12.9. The Morgan fingerprint density at radius 2 is 2.00 bits per heavy atom. The summed E-state index contributed by atoms with van der Waals surface area (Å²) >= 11 is 0. The lowest BCUT2D eigenvalue weighted by Gasteiger charge is -2.29. The van der Waals surface area contributed by atoms with Crippen molar-refractivity contribution in [3.05, 3.63) is 76.7 Å². The van der Waals surface area contributed by atoms with Crippen LogP contribution in [0.25, 0.3) is 11.1 Å². The Morgan fingerprint density at radius 1 is 1.19 bits per heavy atom. The second kappa shape index (κ2) is 10.5. The molecule has 194 valence electrons. The number of aliphatic carboxylic acids is 1. The largest absolute Gasteiger partial charge is 0.485 e. The molecular weight excluding hydrogens is 471 g/mol. The number of hydrogen-bond acceptors (Lipinski definition) is 5. The van der Waals surface area contributed by atoms with E-state index < -0.39 is 17.7 Å². The van der Waals surface area contributed by atoms with Crippen molar-refractivity contribution < 1.29 is 23.8 Å². The van der Waals surface area contributed by atoms with Gasteiger partial charge in [-0.25, -0.2) is 9.37 Å². The zero-order chi connectivity index (χ0) is 26.1. The second-order valence-electron chi connectivity index (χ2n) is 10.2. The normalized spacial score (nSPS) is 18.4. The van der Waals surface area contributed by atoms with Crippen molar-refractivity contribution in [3.8, 4) is 22.8 Å². The average molecular weight is 505 g/mol. The van der Waals surface area contributed by atoms with E-state index in [2.05, 4.69) is 29.2 Å². The van der Waals surface area contributed by atoms with Gasteiger partial charge < -0.3 is 20.3 Å². The van der Waals surface area contributed by atoms with Gasteiger partial charge in [0.25, 0.3) is 0 Å². The monoisotopic (exact) mass is 504 g/mol. The van der Waals surface area contributed by atoms with Gasteiger partial charge in [0.05, 0.1) is 19.2 Å². The summed E-state index contributed by atoms with van der Waals surface area (Å²) in [6.07, 6.45) is 5.45. The highest BCUT2D eigenvalue weighted by atomic mass is 19.1. The summed E-state index contributed by atoms with van der Waals surface area (Å²) in [4.78, 5) is 15.7. The van der Waals surface area contributed by atoms with Crippen LogP contribution in [-0.2, 0) is 17.6 Å². The standard InChI is InChI=1S/C30H33FN2O4/c1-17(30(34)35)29(19-4-5-19)22-6-3-18-8-10-26(37-27(18)14-22)21-7-9-23(20(13-21)11-12-32)24-15-28(36-2)33-16-25(24)31/h3,6-7,9,13-17,19,26,29H,4-5,8,10-12,32H2,1-2H3,(H,34,35)/t17-,26+,29-/m0/s1. The van der Waals surface area contributed by atoms with Gasteiger partial charge in [0.1, 0.15) is 17.7 Å². The Balaban J connectivity index is 1.44. The third kappa shape index (κ3) is 5.18. The highest BCUT2D eigenvalue weighted by Crippen LogP contribution is 2.48. The molecule has 0 radical (unpaired) electrons. The summed E-state index contributed by atoms with van der Waals surface area (Å²) in [5, 5.41) is 9.67. The Labute approximate surface area is 216 Å². The van der Waals surface area contributed by atoms with Crippen molar-refractivity contribution in [2.24, 2.45) is 17.6 Å². The number of aromatic nitrogens is 1. The Kier molecular flexibility index (Phi) is 7.15. The molecule has 1 aliphatic carbocycles. The fourth-order valence-corrected chi connectivity index (χ4v) is 5.58. The van der Waals surface area contributed by atoms with Gasteiger partial charge in [-0.3, -0.25) is 4.79 Å². The van der Waals surface area contributed by atoms with Crippen LogP contribution < -0.4 is 15.2 Å². The molecule has 0 unspecified atom stereocenters. The third-order valence-corrected chi connectivity index (χ3v) is 7.72. The van der Waals surface area contributed by atoms with Crippen molar-refractivity contribution in [3.63, 3.8) is 0 Å². The number of carbonyl (C=O) groups is 1. The minimum atomic E-state index is -0.760. The number of halogens is 1. The molecule has 2 aromatic carbocycles. The zero-order valence-electron chi connectivity index (χ0n) is 21.2. The zero-order valence-corrected chi connectivity index (χ0v) is 21.2. The number of methoxy groups -OCH3 is 1. The van der Waals surface area contributed by atoms with E-state index in [-0.39, 0.29) is 12.0 Å². The SMILES string of the molecule is COc1cc(-c2ccc([C@H]3CCc4ccc([C@H](C5CC5)[C@H](C)C(=O)O)cc4O3)cc2CCN)c(F)cn1. The number of nitrogens with zero attached hydrogens (tertiary/aromatic N) is 1. The number of carboxylic acid groups (broad SMARTS) is 1.